The van der Waals surface area contributed by atoms with Crippen molar-refractivity contribution in [3.05, 3.63) is 29.8 Å². The Morgan fingerprint density at radius 3 is 2.50 bits per heavy atom. The lowest BCUT2D eigenvalue weighted by atomic mass is 10.1. The van der Waals surface area contributed by atoms with Crippen molar-refractivity contribution in [2.45, 2.75) is 6.92 Å². The van der Waals surface area contributed by atoms with Gasteiger partial charge in [0.2, 0.25) is 0 Å². The van der Waals surface area contributed by atoms with Gasteiger partial charge >= 0.3 is 0 Å². The van der Waals surface area contributed by atoms with Gasteiger partial charge in [-0.05, 0) is 13.0 Å². The molecule has 1 N–H and O–H groups in total. The number of hydrogen-bond acceptors (Lipinski definition) is 4. The monoisotopic (exact) mass is 222 g/mol. The lowest BCUT2D eigenvalue weighted by molar-refractivity contribution is 0.104. The van der Waals surface area contributed by atoms with Gasteiger partial charge in [0.1, 0.15) is 22.8 Å². The highest BCUT2D eigenvalue weighted by Gasteiger charge is 2.16. The molecular weight excluding hydrogens is 208 g/mol. The van der Waals surface area contributed by atoms with E-state index < -0.39 is 0 Å². The van der Waals surface area contributed by atoms with Crippen molar-refractivity contribution in [2.75, 3.05) is 14.2 Å². The second kappa shape index (κ2) is 5.21. The molecule has 0 radical (unpaired) electrons. The molecule has 0 bridgehead atoms. The second-order valence-electron chi connectivity index (χ2n) is 3.09. The van der Waals surface area contributed by atoms with Crippen molar-refractivity contribution in [3.63, 3.8) is 0 Å². The second-order valence-corrected chi connectivity index (χ2v) is 3.09. The minimum Gasteiger partial charge on any atom is -0.507 e. The molecular formula is C12H14O4. The minimum absolute atomic E-state index is 0.140. The van der Waals surface area contributed by atoms with E-state index in [0.29, 0.717) is 11.5 Å². The van der Waals surface area contributed by atoms with Crippen LogP contribution in [0, 0.1) is 0 Å². The van der Waals surface area contributed by atoms with Crippen LogP contribution in [0.3, 0.4) is 0 Å². The number of hydrogen-bond donors (Lipinski definition) is 1. The highest BCUT2D eigenvalue weighted by atomic mass is 16.5. The van der Waals surface area contributed by atoms with E-state index in [4.69, 9.17) is 9.47 Å². The molecule has 0 aromatic heterocycles. The van der Waals surface area contributed by atoms with Crippen LogP contribution >= 0.6 is 0 Å². The zero-order valence-corrected chi connectivity index (χ0v) is 9.48. The van der Waals surface area contributed by atoms with E-state index >= 15 is 0 Å². The summed E-state index contributed by atoms with van der Waals surface area (Å²) in [6, 6.07) is 2.93. The van der Waals surface area contributed by atoms with Crippen LogP contribution in [0.4, 0.5) is 0 Å². The third-order valence-electron chi connectivity index (χ3n) is 2.07. The van der Waals surface area contributed by atoms with Gasteiger partial charge in [0, 0.05) is 12.1 Å². The quantitative estimate of drug-likeness (QED) is 0.626. The summed E-state index contributed by atoms with van der Waals surface area (Å²) in [5.41, 5.74) is 0.140. The summed E-state index contributed by atoms with van der Waals surface area (Å²) in [6.45, 7) is 1.73. The predicted molar refractivity (Wildman–Crippen MR) is 60.4 cm³/mol. The van der Waals surface area contributed by atoms with Crippen LogP contribution in [0.2, 0.25) is 0 Å². The number of phenolic OH excluding ortho intramolecular Hbond substituents is 1. The van der Waals surface area contributed by atoms with E-state index in [9.17, 15) is 9.90 Å². The fraction of sp³-hybridized carbons (Fsp3) is 0.250. The first-order valence-corrected chi connectivity index (χ1v) is 4.76. The summed E-state index contributed by atoms with van der Waals surface area (Å²) in [6.07, 6.45) is 2.97. The molecule has 1 aromatic rings. The van der Waals surface area contributed by atoms with E-state index in [1.165, 1.54) is 26.4 Å². The molecule has 0 aliphatic heterocycles. The number of benzene rings is 1. The molecule has 1 aromatic carbocycles. The van der Waals surface area contributed by atoms with Crippen LogP contribution in [0.1, 0.15) is 17.3 Å². The topological polar surface area (TPSA) is 55.8 Å². The van der Waals surface area contributed by atoms with Gasteiger partial charge in [-0.25, -0.2) is 0 Å². The van der Waals surface area contributed by atoms with E-state index in [1.807, 2.05) is 0 Å². The van der Waals surface area contributed by atoms with Crippen molar-refractivity contribution < 1.29 is 19.4 Å². The summed E-state index contributed by atoms with van der Waals surface area (Å²) >= 11 is 0. The van der Waals surface area contributed by atoms with E-state index in [1.54, 1.807) is 19.1 Å². The molecule has 0 aliphatic carbocycles. The Balaban J connectivity index is 3.32. The highest BCUT2D eigenvalue weighted by Crippen LogP contribution is 2.33. The zero-order valence-electron chi connectivity index (χ0n) is 9.48. The molecule has 4 heteroatoms. The SMILES string of the molecule is CC=CC(=O)c1c(O)cc(OC)cc1OC. The molecule has 0 saturated carbocycles. The Morgan fingerprint density at radius 2 is 2.00 bits per heavy atom. The predicted octanol–water partition coefficient (Wildman–Crippen LogP) is 2.17. The Bertz CT molecular complexity index is 421. The number of ketones is 1. The van der Waals surface area contributed by atoms with Crippen LogP contribution in [-0.4, -0.2) is 25.1 Å². The Kier molecular flexibility index (Phi) is 3.94. The van der Waals surface area contributed by atoms with E-state index in [0.717, 1.165) is 0 Å². The molecule has 86 valence electrons. The first kappa shape index (κ1) is 12.1. The van der Waals surface area contributed by atoms with Gasteiger partial charge in [-0.2, -0.15) is 0 Å². The van der Waals surface area contributed by atoms with Crippen LogP contribution in [0.5, 0.6) is 17.2 Å². The maximum absolute atomic E-state index is 11.7. The smallest absolute Gasteiger partial charge is 0.192 e. The molecule has 0 atom stereocenters. The van der Waals surface area contributed by atoms with Gasteiger partial charge in [-0.1, -0.05) is 6.08 Å². The Labute approximate surface area is 94.1 Å². The van der Waals surface area contributed by atoms with Gasteiger partial charge < -0.3 is 14.6 Å². The molecule has 0 heterocycles. The summed E-state index contributed by atoms with van der Waals surface area (Å²) in [5, 5.41) is 9.72. The number of allylic oxidation sites excluding steroid dienone is 2. The van der Waals surface area contributed by atoms with Gasteiger partial charge in [0.25, 0.3) is 0 Å². The van der Waals surface area contributed by atoms with Crippen molar-refractivity contribution in [2.24, 2.45) is 0 Å². The Hall–Kier alpha value is -1.97. The first-order chi connectivity index (χ1) is 7.63. The molecule has 1 rings (SSSR count). The van der Waals surface area contributed by atoms with Crippen molar-refractivity contribution in [1.82, 2.24) is 0 Å². The van der Waals surface area contributed by atoms with Gasteiger partial charge in [-0.3, -0.25) is 4.79 Å². The third kappa shape index (κ3) is 2.34. The lowest BCUT2D eigenvalue weighted by Gasteiger charge is -2.10. The summed E-state index contributed by atoms with van der Waals surface area (Å²) in [5.74, 6) is 0.269. The largest absolute Gasteiger partial charge is 0.507 e. The van der Waals surface area contributed by atoms with E-state index in [-0.39, 0.29) is 17.1 Å². The standard InChI is InChI=1S/C12H14O4/c1-4-5-9(13)12-10(14)6-8(15-2)7-11(12)16-3/h4-7,14H,1-3H3. The maximum atomic E-state index is 11.7. The van der Waals surface area contributed by atoms with Gasteiger partial charge in [-0.15, -0.1) is 0 Å². The van der Waals surface area contributed by atoms with Gasteiger partial charge in [0.15, 0.2) is 5.78 Å². The van der Waals surface area contributed by atoms with E-state index in [2.05, 4.69) is 0 Å². The molecule has 0 saturated heterocycles. The molecule has 0 amide bonds. The molecule has 0 spiro atoms. The van der Waals surface area contributed by atoms with Crippen molar-refractivity contribution in [3.8, 4) is 17.2 Å². The molecule has 16 heavy (non-hydrogen) atoms. The normalized spacial score (nSPS) is 10.4. The van der Waals surface area contributed by atoms with Crippen LogP contribution in [-0.2, 0) is 0 Å². The van der Waals surface area contributed by atoms with Crippen LogP contribution in [0.25, 0.3) is 0 Å². The zero-order chi connectivity index (χ0) is 12.1. The number of methoxy groups -OCH3 is 2. The maximum Gasteiger partial charge on any atom is 0.192 e. The average Bonchev–Trinajstić information content (AvgIpc) is 2.27. The minimum atomic E-state index is -0.306. The lowest BCUT2D eigenvalue weighted by Crippen LogP contribution is -2.00. The summed E-state index contributed by atoms with van der Waals surface area (Å²) in [7, 11) is 2.91. The molecule has 0 unspecified atom stereocenters. The number of ether oxygens (including phenoxy) is 2. The average molecular weight is 222 g/mol. The molecule has 0 fully saturated rings. The van der Waals surface area contributed by atoms with Crippen LogP contribution < -0.4 is 9.47 Å². The summed E-state index contributed by atoms with van der Waals surface area (Å²) in [4.78, 5) is 11.7. The number of rotatable bonds is 4. The highest BCUT2D eigenvalue weighted by molar-refractivity contribution is 6.08. The number of aromatic hydroxyl groups is 1. The number of phenols is 1. The first-order valence-electron chi connectivity index (χ1n) is 4.76. The molecule has 0 aliphatic rings. The molecule has 4 nitrogen and oxygen atoms in total. The Morgan fingerprint density at radius 1 is 1.31 bits per heavy atom. The van der Waals surface area contributed by atoms with Crippen LogP contribution in [0.15, 0.2) is 24.3 Å². The number of carbonyl (C=O) groups excluding carboxylic acids is 1. The fourth-order valence-electron chi connectivity index (χ4n) is 1.34. The third-order valence-corrected chi connectivity index (χ3v) is 2.07. The van der Waals surface area contributed by atoms with Crippen molar-refractivity contribution in [1.29, 1.82) is 0 Å². The fourth-order valence-corrected chi connectivity index (χ4v) is 1.34. The summed E-state index contributed by atoms with van der Waals surface area (Å²) < 4.78 is 10.0. The van der Waals surface area contributed by atoms with Crippen molar-refractivity contribution >= 4 is 5.78 Å². The van der Waals surface area contributed by atoms with Gasteiger partial charge in [0.05, 0.1) is 14.2 Å². The number of carbonyl (C=O) groups is 1.